The van der Waals surface area contributed by atoms with E-state index in [1.165, 1.54) is 73.1 Å². The topological polar surface area (TPSA) is 180 Å². The third-order valence-corrected chi connectivity index (χ3v) is 10.7. The van der Waals surface area contributed by atoms with Crippen molar-refractivity contribution in [3.8, 4) is 0 Å². The zero-order valence-corrected chi connectivity index (χ0v) is 36.2. The summed E-state index contributed by atoms with van der Waals surface area (Å²) in [7, 11) is 0. The molecule has 0 bridgehead atoms. The Kier molecular flexibility index (Phi) is 13.9. The van der Waals surface area contributed by atoms with Crippen LogP contribution in [0.1, 0.15) is 31.8 Å². The van der Waals surface area contributed by atoms with Crippen molar-refractivity contribution in [3.63, 3.8) is 0 Å². The van der Waals surface area contributed by atoms with Crippen molar-refractivity contribution in [2.45, 2.75) is 0 Å². The van der Waals surface area contributed by atoms with Gasteiger partial charge in [-0.3, -0.25) is 24.5 Å². The highest BCUT2D eigenvalue weighted by atomic mass is 35.5. The van der Waals surface area contributed by atoms with Crippen LogP contribution in [0.4, 0.5) is 51.3 Å². The van der Waals surface area contributed by atoms with Crippen molar-refractivity contribution < 1.29 is 37.1 Å². The standard InChI is InChI=1S/C26H20Cl2FN5O3.C22H14F2N4O2/c27-20-3-2-18(13-21(20)28)31-26(36)32-19-10-16(9-17(29)12-19)25(35)15-1-4-22-23(11-15)33-24(14-30-22)34-5-7-37-8-6-34;23-14-2-1-3-15(11-14)27-22(30)28-16-5-6-18(24)17(12-16)21(29)13-4-7-19-20(10-13)26-9-8-25-19/h1-4,9-14H,5-8H2,(H2,31,32,36);1-12H,(H2,27,28,30). The molecule has 0 saturated carbocycles. The molecule has 0 unspecified atom stereocenters. The fraction of sp³-hybridized carbons (Fsp3) is 0.0833. The third-order valence-electron chi connectivity index (χ3n) is 10.0. The molecule has 336 valence electrons. The van der Waals surface area contributed by atoms with Crippen LogP contribution in [0.5, 0.6) is 0 Å². The molecule has 9 rings (SSSR count). The maximum Gasteiger partial charge on any atom is 0.323 e. The molecule has 4 N–H and O–H groups in total. The average molecular weight is 945 g/mol. The summed E-state index contributed by atoms with van der Waals surface area (Å²) < 4.78 is 47.3. The van der Waals surface area contributed by atoms with Gasteiger partial charge < -0.3 is 30.9 Å². The third kappa shape index (κ3) is 11.5. The summed E-state index contributed by atoms with van der Waals surface area (Å²) in [5.41, 5.74) is 3.68. The van der Waals surface area contributed by atoms with Crippen LogP contribution < -0.4 is 26.2 Å². The Morgan fingerprint density at radius 3 is 1.87 bits per heavy atom. The first-order valence-electron chi connectivity index (χ1n) is 20.2. The summed E-state index contributed by atoms with van der Waals surface area (Å²) in [4.78, 5) is 70.1. The van der Waals surface area contributed by atoms with Crippen molar-refractivity contribution in [3.05, 3.63) is 184 Å². The SMILES string of the molecule is O=C(Nc1cc(F)cc(C(=O)c2ccc3ncc(N4CCOCC4)nc3c2)c1)Nc1ccc(Cl)c(Cl)c1.O=C(Nc1cccc(F)c1)Nc1ccc(F)c(C(=O)c2ccc3nccnc3c2)c1. The molecule has 19 heteroatoms. The van der Waals surface area contributed by atoms with E-state index >= 15 is 0 Å². The molecule has 1 aliphatic heterocycles. The monoisotopic (exact) mass is 943 g/mol. The highest BCUT2D eigenvalue weighted by Gasteiger charge is 2.19. The Labute approximate surface area is 389 Å². The molecule has 0 spiro atoms. The number of nitrogens with zero attached hydrogens (tertiary/aromatic N) is 5. The molecular weight excluding hydrogens is 910 g/mol. The quantitative estimate of drug-likeness (QED) is 0.102. The van der Waals surface area contributed by atoms with Gasteiger partial charge >= 0.3 is 12.1 Å². The largest absolute Gasteiger partial charge is 0.378 e. The average Bonchev–Trinajstić information content (AvgIpc) is 3.32. The zero-order chi connectivity index (χ0) is 47.0. The number of hydrogen-bond donors (Lipinski definition) is 4. The highest BCUT2D eigenvalue weighted by Crippen LogP contribution is 2.27. The second-order valence-corrected chi connectivity index (χ2v) is 15.5. The van der Waals surface area contributed by atoms with E-state index in [1.807, 2.05) is 0 Å². The fourth-order valence-electron chi connectivity index (χ4n) is 6.81. The predicted molar refractivity (Wildman–Crippen MR) is 250 cm³/mol. The summed E-state index contributed by atoms with van der Waals surface area (Å²) in [6.07, 6.45) is 4.73. The predicted octanol–water partition coefficient (Wildman–Crippen LogP) is 10.6. The number of fused-ring (bicyclic) bond motifs is 2. The molecule has 0 atom stereocenters. The van der Waals surface area contributed by atoms with Crippen molar-refractivity contribution in [1.29, 1.82) is 0 Å². The minimum Gasteiger partial charge on any atom is -0.378 e. The molecule has 1 aliphatic rings. The second-order valence-electron chi connectivity index (χ2n) is 14.7. The molecule has 1 fully saturated rings. The lowest BCUT2D eigenvalue weighted by molar-refractivity contribution is 0.102. The van der Waals surface area contributed by atoms with Gasteiger partial charge in [0, 0.05) is 64.9 Å². The van der Waals surface area contributed by atoms with Gasteiger partial charge in [-0.2, -0.15) is 0 Å². The van der Waals surface area contributed by atoms with Crippen molar-refractivity contribution in [2.24, 2.45) is 0 Å². The Balaban J connectivity index is 0.000000186. The van der Waals surface area contributed by atoms with E-state index in [4.69, 9.17) is 27.9 Å². The summed E-state index contributed by atoms with van der Waals surface area (Å²) in [6.45, 7) is 2.63. The van der Waals surface area contributed by atoms with Crippen LogP contribution in [0.3, 0.4) is 0 Å². The first kappa shape index (κ1) is 45.6. The second kappa shape index (κ2) is 20.5. The number of amides is 4. The van der Waals surface area contributed by atoms with Crippen LogP contribution >= 0.6 is 23.2 Å². The lowest BCUT2D eigenvalue weighted by Gasteiger charge is -2.27. The molecule has 14 nitrogen and oxygen atoms in total. The number of halogens is 5. The van der Waals surface area contributed by atoms with Gasteiger partial charge in [0.25, 0.3) is 0 Å². The molecule has 0 radical (unpaired) electrons. The van der Waals surface area contributed by atoms with Crippen LogP contribution in [-0.2, 0) is 4.74 Å². The lowest BCUT2D eigenvalue weighted by Crippen LogP contribution is -2.36. The fourth-order valence-corrected chi connectivity index (χ4v) is 7.11. The van der Waals surface area contributed by atoms with Crippen LogP contribution in [0, 0.1) is 17.5 Å². The van der Waals surface area contributed by atoms with E-state index < -0.39 is 41.1 Å². The van der Waals surface area contributed by atoms with Gasteiger partial charge in [0.2, 0.25) is 0 Å². The van der Waals surface area contributed by atoms with E-state index in [0.29, 0.717) is 70.5 Å². The first-order valence-corrected chi connectivity index (χ1v) is 21.0. The number of ether oxygens (including phenoxy) is 1. The smallest absolute Gasteiger partial charge is 0.323 e. The van der Waals surface area contributed by atoms with E-state index in [2.05, 4.69) is 46.1 Å². The number of benzene rings is 6. The Hall–Kier alpha value is -7.99. The van der Waals surface area contributed by atoms with Gasteiger partial charge in [-0.1, -0.05) is 29.3 Å². The van der Waals surface area contributed by atoms with Crippen molar-refractivity contribution in [2.75, 3.05) is 52.5 Å². The summed E-state index contributed by atoms with van der Waals surface area (Å²) in [5.74, 6) is -2.18. The molecule has 1 saturated heterocycles. The maximum atomic E-state index is 14.4. The number of rotatable bonds is 9. The lowest BCUT2D eigenvalue weighted by atomic mass is 10.0. The maximum absolute atomic E-state index is 14.4. The normalized spacial score (nSPS) is 12.2. The number of carbonyl (C=O) groups excluding carboxylic acids is 4. The molecular formula is C48H34Cl2F3N9O5. The van der Waals surface area contributed by atoms with Gasteiger partial charge in [-0.15, -0.1) is 0 Å². The van der Waals surface area contributed by atoms with E-state index in [1.54, 1.807) is 36.5 Å². The zero-order valence-electron chi connectivity index (χ0n) is 34.7. The number of ketones is 2. The van der Waals surface area contributed by atoms with E-state index in [9.17, 15) is 32.3 Å². The molecule has 0 aliphatic carbocycles. The minimum atomic E-state index is -0.727. The Morgan fingerprint density at radius 2 is 1.15 bits per heavy atom. The molecule has 67 heavy (non-hydrogen) atoms. The van der Waals surface area contributed by atoms with Gasteiger partial charge in [-0.25, -0.2) is 27.7 Å². The van der Waals surface area contributed by atoms with Crippen molar-refractivity contribution >= 4 is 97.5 Å². The van der Waals surface area contributed by atoms with Crippen molar-refractivity contribution in [1.82, 2.24) is 19.9 Å². The Bertz CT molecular complexity index is 3210. The number of urea groups is 2. The van der Waals surface area contributed by atoms with E-state index in [0.717, 1.165) is 24.3 Å². The number of anilines is 5. The number of morpholine rings is 1. The molecule has 4 amide bonds. The number of nitrogens with one attached hydrogen (secondary N) is 4. The highest BCUT2D eigenvalue weighted by molar-refractivity contribution is 6.42. The van der Waals surface area contributed by atoms with Gasteiger partial charge in [0.15, 0.2) is 11.6 Å². The minimum absolute atomic E-state index is 0.0708. The van der Waals surface area contributed by atoms with Crippen LogP contribution in [0.25, 0.3) is 22.1 Å². The Morgan fingerprint density at radius 1 is 0.537 bits per heavy atom. The van der Waals surface area contributed by atoms with Gasteiger partial charge in [0.05, 0.1) is 57.1 Å². The number of hydrogen-bond acceptors (Lipinski definition) is 10. The summed E-state index contributed by atoms with van der Waals surface area (Å²) in [6, 6.07) is 25.6. The number of aromatic nitrogens is 4. The molecule has 6 aromatic carbocycles. The molecule has 8 aromatic rings. The summed E-state index contributed by atoms with van der Waals surface area (Å²) in [5, 5.41) is 10.7. The van der Waals surface area contributed by atoms with Crippen LogP contribution in [0.15, 0.2) is 134 Å². The van der Waals surface area contributed by atoms with E-state index in [-0.39, 0.29) is 38.8 Å². The van der Waals surface area contributed by atoms with Gasteiger partial charge in [-0.05, 0) is 109 Å². The molecule has 2 aromatic heterocycles. The summed E-state index contributed by atoms with van der Waals surface area (Å²) >= 11 is 11.9. The van der Waals surface area contributed by atoms with Gasteiger partial charge in [0.1, 0.15) is 23.3 Å². The van der Waals surface area contributed by atoms with Crippen LogP contribution in [0.2, 0.25) is 10.0 Å². The number of carbonyl (C=O) groups is 4. The first-order chi connectivity index (χ1) is 32.3. The molecule has 3 heterocycles. The van der Waals surface area contributed by atoms with Crippen LogP contribution in [-0.4, -0.2) is 69.9 Å².